The Morgan fingerprint density at radius 3 is 2.48 bits per heavy atom. The molecular weight excluding hydrogens is 280 g/mol. The minimum absolute atomic E-state index is 0.201. The molecule has 1 aromatic carbocycles. The lowest BCUT2D eigenvalue weighted by Crippen LogP contribution is -2.21. The Labute approximate surface area is 131 Å². The van der Waals surface area contributed by atoms with Crippen LogP contribution >= 0.6 is 0 Å². The van der Waals surface area contributed by atoms with Crippen LogP contribution in [0.4, 0.5) is 0 Å². The van der Waals surface area contributed by atoms with E-state index in [9.17, 15) is 4.21 Å². The third-order valence-corrected chi connectivity index (χ3v) is 7.28. The Hall–Kier alpha value is -0.670. The first-order valence-electron chi connectivity index (χ1n) is 8.08. The van der Waals surface area contributed by atoms with Gasteiger partial charge in [-0.2, -0.15) is 0 Å². The molecule has 3 heteroatoms. The summed E-state index contributed by atoms with van der Waals surface area (Å²) in [5, 5.41) is 0.201. The molecule has 0 aliphatic rings. The monoisotopic (exact) mass is 312 g/mol. The van der Waals surface area contributed by atoms with Gasteiger partial charge in [-0.15, -0.1) is 0 Å². The molecular formula is C18H32O2S. The van der Waals surface area contributed by atoms with Crippen LogP contribution in [0, 0.1) is 5.92 Å². The van der Waals surface area contributed by atoms with Crippen LogP contribution in [0.5, 0.6) is 0 Å². The SMILES string of the molecule is CC(C)CCOCCCc1cccc([SH](C)(=O)C(C)C)c1. The maximum Gasteiger partial charge on any atom is 0.0469 e. The van der Waals surface area contributed by atoms with Gasteiger partial charge in [0, 0.05) is 23.4 Å². The highest BCUT2D eigenvalue weighted by Gasteiger charge is 2.16. The van der Waals surface area contributed by atoms with Gasteiger partial charge >= 0.3 is 0 Å². The van der Waals surface area contributed by atoms with Gasteiger partial charge in [-0.3, -0.25) is 4.21 Å². The zero-order valence-corrected chi connectivity index (χ0v) is 15.2. The summed E-state index contributed by atoms with van der Waals surface area (Å²) in [7, 11) is -2.24. The minimum Gasteiger partial charge on any atom is -0.381 e. The Morgan fingerprint density at radius 2 is 1.86 bits per heavy atom. The third-order valence-electron chi connectivity index (χ3n) is 4.00. The largest absolute Gasteiger partial charge is 0.381 e. The second kappa shape index (κ2) is 8.70. The van der Waals surface area contributed by atoms with Crippen LogP contribution in [-0.2, 0) is 21.1 Å². The lowest BCUT2D eigenvalue weighted by atomic mass is 10.1. The number of benzene rings is 1. The van der Waals surface area contributed by atoms with Gasteiger partial charge < -0.3 is 4.74 Å². The van der Waals surface area contributed by atoms with Gasteiger partial charge in [0.1, 0.15) is 0 Å². The second-order valence-corrected chi connectivity index (χ2v) is 10.2. The number of thiol groups is 1. The van der Waals surface area contributed by atoms with Crippen molar-refractivity contribution in [2.45, 2.75) is 57.1 Å². The summed E-state index contributed by atoms with van der Waals surface area (Å²) in [6.45, 7) is 10.2. The summed E-state index contributed by atoms with van der Waals surface area (Å²) in [6.07, 6.45) is 5.04. The maximum atomic E-state index is 12.7. The van der Waals surface area contributed by atoms with Crippen LogP contribution in [0.25, 0.3) is 0 Å². The maximum absolute atomic E-state index is 12.7. The summed E-state index contributed by atoms with van der Waals surface area (Å²) in [6, 6.07) is 8.28. The highest BCUT2D eigenvalue weighted by molar-refractivity contribution is 8.03. The van der Waals surface area contributed by atoms with Gasteiger partial charge in [0.2, 0.25) is 0 Å². The van der Waals surface area contributed by atoms with E-state index >= 15 is 0 Å². The van der Waals surface area contributed by atoms with Gasteiger partial charge in [0.25, 0.3) is 0 Å². The molecule has 0 amide bonds. The summed E-state index contributed by atoms with van der Waals surface area (Å²) < 4.78 is 18.4. The highest BCUT2D eigenvalue weighted by Crippen LogP contribution is 2.22. The van der Waals surface area contributed by atoms with E-state index in [1.165, 1.54) is 5.56 Å². The molecule has 0 heterocycles. The van der Waals surface area contributed by atoms with Gasteiger partial charge in [0.05, 0.1) is 0 Å². The van der Waals surface area contributed by atoms with Crippen LogP contribution < -0.4 is 0 Å². The quantitative estimate of drug-likeness (QED) is 0.549. The fraction of sp³-hybridized carbons (Fsp3) is 0.667. The number of rotatable bonds is 9. The molecule has 0 atom stereocenters. The first kappa shape index (κ1) is 18.4. The number of hydrogen-bond acceptors (Lipinski definition) is 2. The normalized spacial score (nSPS) is 13.1. The van der Waals surface area contributed by atoms with Crippen molar-refractivity contribution in [3.8, 4) is 0 Å². The zero-order valence-electron chi connectivity index (χ0n) is 14.3. The topological polar surface area (TPSA) is 26.3 Å². The lowest BCUT2D eigenvalue weighted by molar-refractivity contribution is 0.121. The van der Waals surface area contributed by atoms with Gasteiger partial charge in [-0.05, 0) is 49.1 Å². The molecule has 0 fully saturated rings. The van der Waals surface area contributed by atoms with E-state index in [0.29, 0.717) is 5.92 Å². The van der Waals surface area contributed by atoms with Crippen molar-refractivity contribution in [1.29, 1.82) is 0 Å². The van der Waals surface area contributed by atoms with Crippen molar-refractivity contribution in [3.05, 3.63) is 29.8 Å². The van der Waals surface area contributed by atoms with Crippen molar-refractivity contribution < 1.29 is 8.95 Å². The molecule has 0 aliphatic carbocycles. The second-order valence-electron chi connectivity index (χ2n) is 6.65. The molecule has 0 saturated heterocycles. The van der Waals surface area contributed by atoms with E-state index < -0.39 is 9.93 Å². The van der Waals surface area contributed by atoms with Gasteiger partial charge in [-0.1, -0.05) is 49.8 Å². The molecule has 0 N–H and O–H groups in total. The first-order chi connectivity index (χ1) is 9.84. The zero-order chi connectivity index (χ0) is 15.9. The molecule has 122 valence electrons. The Kier molecular flexibility index (Phi) is 7.61. The van der Waals surface area contributed by atoms with E-state index in [2.05, 4.69) is 26.0 Å². The number of hydrogen-bond donors (Lipinski definition) is 1. The lowest BCUT2D eigenvalue weighted by Gasteiger charge is -2.23. The number of ether oxygens (including phenoxy) is 1. The predicted octanol–water partition coefficient (Wildman–Crippen LogP) is 4.10. The van der Waals surface area contributed by atoms with E-state index in [0.717, 1.165) is 37.4 Å². The van der Waals surface area contributed by atoms with Crippen molar-refractivity contribution >= 4 is 9.93 Å². The average molecular weight is 313 g/mol. The average Bonchev–Trinajstić information content (AvgIpc) is 2.42. The third kappa shape index (κ3) is 6.31. The molecule has 0 bridgehead atoms. The van der Waals surface area contributed by atoms with Crippen molar-refractivity contribution in [1.82, 2.24) is 0 Å². The van der Waals surface area contributed by atoms with Crippen LogP contribution in [0.2, 0.25) is 0 Å². The van der Waals surface area contributed by atoms with E-state index in [-0.39, 0.29) is 5.25 Å². The molecule has 1 rings (SSSR count). The molecule has 0 aromatic heterocycles. The fourth-order valence-corrected chi connectivity index (χ4v) is 3.49. The smallest absolute Gasteiger partial charge is 0.0469 e. The number of aryl methyl sites for hydroxylation is 1. The van der Waals surface area contributed by atoms with Gasteiger partial charge in [-0.25, -0.2) is 0 Å². The Balaban J connectivity index is 2.45. The van der Waals surface area contributed by atoms with Crippen molar-refractivity contribution in [2.24, 2.45) is 5.92 Å². The van der Waals surface area contributed by atoms with Crippen LogP contribution in [-0.4, -0.2) is 28.9 Å². The highest BCUT2D eigenvalue weighted by atomic mass is 32.2. The Bertz CT molecular complexity index is 466. The van der Waals surface area contributed by atoms with E-state index in [1.807, 2.05) is 32.2 Å². The summed E-state index contributed by atoms with van der Waals surface area (Å²) >= 11 is 0. The van der Waals surface area contributed by atoms with Gasteiger partial charge in [0.15, 0.2) is 0 Å². The van der Waals surface area contributed by atoms with Crippen LogP contribution in [0.3, 0.4) is 0 Å². The molecule has 0 radical (unpaired) electrons. The fourth-order valence-electron chi connectivity index (χ4n) is 2.09. The molecule has 0 aliphatic heterocycles. The summed E-state index contributed by atoms with van der Waals surface area (Å²) in [5.74, 6) is 0.705. The van der Waals surface area contributed by atoms with Crippen LogP contribution in [0.1, 0.15) is 46.1 Å². The molecule has 0 spiro atoms. The molecule has 2 nitrogen and oxygen atoms in total. The summed E-state index contributed by atoms with van der Waals surface area (Å²) in [5.41, 5.74) is 1.27. The molecule has 21 heavy (non-hydrogen) atoms. The molecule has 0 unspecified atom stereocenters. The van der Waals surface area contributed by atoms with Crippen LogP contribution in [0.15, 0.2) is 29.2 Å². The first-order valence-corrected chi connectivity index (χ1v) is 10.3. The van der Waals surface area contributed by atoms with E-state index in [1.54, 1.807) is 0 Å². The Morgan fingerprint density at radius 1 is 1.14 bits per heavy atom. The minimum atomic E-state index is -2.24. The van der Waals surface area contributed by atoms with E-state index in [4.69, 9.17) is 4.74 Å². The summed E-state index contributed by atoms with van der Waals surface area (Å²) in [4.78, 5) is 1.01. The molecule has 1 aromatic rings. The van der Waals surface area contributed by atoms with Crippen molar-refractivity contribution in [3.63, 3.8) is 0 Å². The van der Waals surface area contributed by atoms with Crippen molar-refractivity contribution in [2.75, 3.05) is 19.5 Å². The molecule has 0 saturated carbocycles. The standard InChI is InChI=1S/C18H32O2S/c1-15(2)11-13-20-12-7-9-17-8-6-10-18(14-17)21(5,19)16(3)4/h6,8,10,14-16,21H,7,9,11-13H2,1-5H3. The predicted molar refractivity (Wildman–Crippen MR) is 93.9 cm³/mol.